The van der Waals surface area contributed by atoms with Crippen LogP contribution in [0.15, 0.2) is 24.2 Å². The molecule has 72 valence electrons. The summed E-state index contributed by atoms with van der Waals surface area (Å²) in [6.45, 7) is 1.31. The van der Waals surface area contributed by atoms with Crippen LogP contribution in [0.1, 0.15) is 24.1 Å². The zero-order valence-electron chi connectivity index (χ0n) is 11.5. The SMILES string of the molecule is [2H]c1c([2H])c([C@@H](O)[13C@@H]([13CH3])O)c([2H])c([2H])c1OC. The van der Waals surface area contributed by atoms with Crippen molar-refractivity contribution in [3.05, 3.63) is 29.7 Å². The summed E-state index contributed by atoms with van der Waals surface area (Å²) >= 11 is 0. The van der Waals surface area contributed by atoms with Crippen molar-refractivity contribution in [3.8, 4) is 5.75 Å². The van der Waals surface area contributed by atoms with Gasteiger partial charge in [0, 0.05) is 0 Å². The number of benzene rings is 1. The Hall–Kier alpha value is -1.06. The van der Waals surface area contributed by atoms with Gasteiger partial charge in [-0.3, -0.25) is 0 Å². The molecule has 0 spiro atoms. The quantitative estimate of drug-likeness (QED) is 0.698. The molecule has 0 fully saturated rings. The average Bonchev–Trinajstić information content (AvgIpc) is 2.27. The topological polar surface area (TPSA) is 49.7 Å². The third kappa shape index (κ3) is 2.44. The summed E-state index contributed by atoms with van der Waals surface area (Å²) in [5.74, 6) is -0.179. The Morgan fingerprint density at radius 3 is 2.23 bits per heavy atom. The van der Waals surface area contributed by atoms with E-state index >= 15 is 0 Å². The van der Waals surface area contributed by atoms with E-state index in [2.05, 4.69) is 0 Å². The van der Waals surface area contributed by atoms with Crippen molar-refractivity contribution < 1.29 is 20.4 Å². The van der Waals surface area contributed by atoms with E-state index in [4.69, 9.17) is 10.2 Å². The zero-order valence-corrected chi connectivity index (χ0v) is 7.46. The van der Waals surface area contributed by atoms with Crippen molar-refractivity contribution in [1.82, 2.24) is 0 Å². The van der Waals surface area contributed by atoms with Gasteiger partial charge in [0.1, 0.15) is 11.9 Å². The summed E-state index contributed by atoms with van der Waals surface area (Å²) in [4.78, 5) is 0. The lowest BCUT2D eigenvalue weighted by Gasteiger charge is -2.13. The molecular weight excluding hydrogens is 170 g/mol. The number of hydrogen-bond acceptors (Lipinski definition) is 3. The van der Waals surface area contributed by atoms with E-state index in [9.17, 15) is 10.2 Å². The van der Waals surface area contributed by atoms with E-state index < -0.39 is 24.3 Å². The van der Waals surface area contributed by atoms with Crippen molar-refractivity contribution in [2.75, 3.05) is 7.11 Å². The van der Waals surface area contributed by atoms with Crippen LogP contribution >= 0.6 is 0 Å². The van der Waals surface area contributed by atoms with Gasteiger partial charge in [0.05, 0.1) is 18.7 Å². The van der Waals surface area contributed by atoms with Gasteiger partial charge in [0.2, 0.25) is 0 Å². The van der Waals surface area contributed by atoms with Gasteiger partial charge in [0.25, 0.3) is 0 Å². The highest BCUT2D eigenvalue weighted by Gasteiger charge is 2.12. The molecule has 0 aromatic heterocycles. The second kappa shape index (κ2) is 4.25. The Bertz CT molecular complexity index is 405. The van der Waals surface area contributed by atoms with E-state index in [0.717, 1.165) is 0 Å². The molecule has 3 nitrogen and oxygen atoms in total. The zero-order chi connectivity index (χ0) is 13.3. The van der Waals surface area contributed by atoms with Crippen LogP contribution in [0.4, 0.5) is 0 Å². The number of ether oxygens (including phenoxy) is 1. The lowest BCUT2D eigenvalue weighted by atomic mass is 10.1. The summed E-state index contributed by atoms with van der Waals surface area (Å²) in [6, 6.07) is -1.56. The molecule has 0 amide bonds. The summed E-state index contributed by atoms with van der Waals surface area (Å²) in [7, 11) is 1.25. The number of aliphatic hydroxyl groups is 2. The van der Waals surface area contributed by atoms with Crippen molar-refractivity contribution in [3.63, 3.8) is 0 Å². The first-order valence-electron chi connectivity index (χ1n) is 5.83. The molecule has 3 heteroatoms. The molecule has 0 unspecified atom stereocenters. The molecular formula is C10H14O3. The predicted molar refractivity (Wildman–Crippen MR) is 49.6 cm³/mol. The van der Waals surface area contributed by atoms with Crippen molar-refractivity contribution in [2.45, 2.75) is 19.1 Å². The highest BCUT2D eigenvalue weighted by molar-refractivity contribution is 5.28. The first-order valence-corrected chi connectivity index (χ1v) is 3.83. The van der Waals surface area contributed by atoms with Gasteiger partial charge < -0.3 is 14.9 Å². The Kier molecular flexibility index (Phi) is 1.84. The van der Waals surface area contributed by atoms with Crippen LogP contribution in [0.3, 0.4) is 0 Å². The molecule has 0 aliphatic heterocycles. The molecule has 0 bridgehead atoms. The lowest BCUT2D eigenvalue weighted by Crippen LogP contribution is -2.13. The molecule has 1 aromatic carbocycles. The molecule has 2 N–H and O–H groups in total. The fourth-order valence-electron chi connectivity index (χ4n) is 0.802. The smallest absolute Gasteiger partial charge is 0.118 e. The summed E-state index contributed by atoms with van der Waals surface area (Å²) in [5, 5.41) is 18.9. The Morgan fingerprint density at radius 2 is 1.85 bits per heavy atom. The van der Waals surface area contributed by atoms with Crippen LogP contribution in [0, 0.1) is 0 Å². The van der Waals surface area contributed by atoms with Crippen LogP contribution in [0.2, 0.25) is 0 Å². The van der Waals surface area contributed by atoms with Crippen LogP contribution in [-0.4, -0.2) is 23.4 Å². The Morgan fingerprint density at radius 1 is 1.31 bits per heavy atom. The molecule has 1 rings (SSSR count). The number of hydrogen-bond donors (Lipinski definition) is 2. The molecule has 0 heterocycles. The van der Waals surface area contributed by atoms with E-state index in [1.807, 2.05) is 0 Å². The van der Waals surface area contributed by atoms with Crippen LogP contribution < -0.4 is 4.74 Å². The van der Waals surface area contributed by atoms with E-state index in [-0.39, 0.29) is 23.4 Å². The molecule has 0 saturated carbocycles. The molecule has 0 saturated heterocycles. The van der Waals surface area contributed by atoms with Gasteiger partial charge in [0.15, 0.2) is 0 Å². The van der Waals surface area contributed by atoms with Crippen LogP contribution in [0.5, 0.6) is 5.75 Å². The van der Waals surface area contributed by atoms with Gasteiger partial charge in [-0.2, -0.15) is 0 Å². The Balaban J connectivity index is 3.53. The summed E-state index contributed by atoms with van der Waals surface area (Å²) in [6.07, 6.45) is -2.65. The minimum absolute atomic E-state index is 0.179. The summed E-state index contributed by atoms with van der Waals surface area (Å²) in [5.41, 5.74) is -0.226. The third-order valence-corrected chi connectivity index (χ3v) is 1.58. The first-order chi connectivity index (χ1) is 7.82. The number of aliphatic hydroxyl groups excluding tert-OH is 2. The minimum atomic E-state index is -1.46. The molecule has 0 aliphatic rings. The maximum absolute atomic E-state index is 9.67. The standard InChI is InChI=1S/C10H14O3/c1-7(11)10(12)8-3-5-9(13-2)6-4-8/h3-7,10-12H,1-2H3/t7-,10+/m1/s1/i1+1,3D,4D,5D,6D,7+1. The normalized spacial score (nSPS) is 19.4. The maximum Gasteiger partial charge on any atom is 0.118 e. The largest absolute Gasteiger partial charge is 0.497 e. The van der Waals surface area contributed by atoms with Crippen molar-refractivity contribution >= 4 is 0 Å². The highest BCUT2D eigenvalue weighted by atomic mass is 16.5. The van der Waals surface area contributed by atoms with Crippen molar-refractivity contribution in [2.24, 2.45) is 0 Å². The average molecular weight is 188 g/mol. The first kappa shape index (κ1) is 5.62. The van der Waals surface area contributed by atoms with E-state index in [0.29, 0.717) is 0 Å². The number of methoxy groups -OCH3 is 1. The maximum atomic E-state index is 9.67. The fraction of sp³-hybridized carbons (Fsp3) is 0.400. The second-order valence-corrected chi connectivity index (χ2v) is 2.63. The van der Waals surface area contributed by atoms with Gasteiger partial charge >= 0.3 is 0 Å². The highest BCUT2D eigenvalue weighted by Crippen LogP contribution is 2.19. The molecule has 0 radical (unpaired) electrons. The van der Waals surface area contributed by atoms with Gasteiger partial charge in [-0.25, -0.2) is 0 Å². The second-order valence-electron chi connectivity index (χ2n) is 2.63. The van der Waals surface area contributed by atoms with E-state index in [1.54, 1.807) is 0 Å². The third-order valence-electron chi connectivity index (χ3n) is 1.58. The lowest BCUT2D eigenvalue weighted by molar-refractivity contribution is 0.0305. The summed E-state index contributed by atoms with van der Waals surface area (Å²) < 4.78 is 35.3. The molecule has 0 aliphatic carbocycles. The molecule has 13 heavy (non-hydrogen) atoms. The van der Waals surface area contributed by atoms with Gasteiger partial charge in [-0.15, -0.1) is 0 Å². The Labute approximate surface area is 83.2 Å². The minimum Gasteiger partial charge on any atom is -0.497 e. The van der Waals surface area contributed by atoms with Gasteiger partial charge in [-0.05, 0) is 24.6 Å². The van der Waals surface area contributed by atoms with Crippen LogP contribution in [0.25, 0.3) is 0 Å². The molecule has 2 atom stereocenters. The molecule has 1 aromatic rings. The van der Waals surface area contributed by atoms with Crippen LogP contribution in [-0.2, 0) is 0 Å². The fourth-order valence-corrected chi connectivity index (χ4v) is 0.802. The monoisotopic (exact) mass is 188 g/mol. The number of rotatable bonds is 3. The predicted octanol–water partition coefficient (Wildman–Crippen LogP) is 1.11. The van der Waals surface area contributed by atoms with E-state index in [1.165, 1.54) is 14.0 Å². The van der Waals surface area contributed by atoms with Crippen molar-refractivity contribution in [1.29, 1.82) is 0 Å². The van der Waals surface area contributed by atoms with Gasteiger partial charge in [-0.1, -0.05) is 12.1 Å².